The van der Waals surface area contributed by atoms with Gasteiger partial charge in [-0.15, -0.1) is 24.0 Å². The lowest BCUT2D eigenvalue weighted by molar-refractivity contribution is 0.324. The number of phenolic OH excluding ortho intramolecular Hbond substituents is 1. The van der Waals surface area contributed by atoms with E-state index < -0.39 is 0 Å². The molecule has 1 aromatic heterocycles. The lowest BCUT2D eigenvalue weighted by atomic mass is 10.2. The highest BCUT2D eigenvalue weighted by atomic mass is 127. The van der Waals surface area contributed by atoms with Gasteiger partial charge >= 0.3 is 0 Å². The molecule has 0 saturated carbocycles. The Hall–Kier alpha value is -2.23. The molecular weight excluding hydrogens is 469 g/mol. The number of aromatic hydroxyl groups is 1. The van der Waals surface area contributed by atoms with Crippen molar-refractivity contribution < 1.29 is 9.84 Å². The lowest BCUT2D eigenvalue weighted by Crippen LogP contribution is -2.52. The van der Waals surface area contributed by atoms with Crippen molar-refractivity contribution in [3.63, 3.8) is 0 Å². The average Bonchev–Trinajstić information content (AvgIpc) is 2.72. The van der Waals surface area contributed by atoms with Gasteiger partial charge in [-0.1, -0.05) is 12.1 Å². The Morgan fingerprint density at radius 1 is 1.18 bits per heavy atom. The van der Waals surface area contributed by atoms with Crippen LogP contribution in [0.25, 0.3) is 0 Å². The Morgan fingerprint density at radius 2 is 1.96 bits per heavy atom. The van der Waals surface area contributed by atoms with Crippen molar-refractivity contribution in [1.82, 2.24) is 15.2 Å². The number of nitrogens with zero attached hydrogens (tertiary/aromatic N) is 4. The Balaban J connectivity index is 0.00000280. The first-order valence-corrected chi connectivity index (χ1v) is 9.37. The summed E-state index contributed by atoms with van der Waals surface area (Å²) < 4.78 is 5.66. The number of para-hydroxylation sites is 2. The Bertz CT molecular complexity index is 736. The molecule has 0 unspecified atom stereocenters. The number of aliphatic imine (C=N–C) groups is 1. The summed E-state index contributed by atoms with van der Waals surface area (Å²) in [5.41, 5.74) is 0.893. The molecule has 152 valence electrons. The first-order valence-electron chi connectivity index (χ1n) is 9.37. The Labute approximate surface area is 183 Å². The molecule has 2 heterocycles. The van der Waals surface area contributed by atoms with Crippen LogP contribution < -0.4 is 15.0 Å². The predicted molar refractivity (Wildman–Crippen MR) is 123 cm³/mol. The monoisotopic (exact) mass is 497 g/mol. The molecule has 7 nitrogen and oxygen atoms in total. The molecule has 1 aliphatic heterocycles. The van der Waals surface area contributed by atoms with Crippen LogP contribution >= 0.6 is 24.0 Å². The van der Waals surface area contributed by atoms with Crippen molar-refractivity contribution in [2.45, 2.75) is 6.92 Å². The zero-order valence-corrected chi connectivity index (χ0v) is 18.5. The molecule has 1 aliphatic rings. The van der Waals surface area contributed by atoms with Gasteiger partial charge in [0, 0.05) is 38.9 Å². The number of hydrogen-bond acceptors (Lipinski definition) is 5. The Kier molecular flexibility index (Phi) is 9.12. The highest BCUT2D eigenvalue weighted by Gasteiger charge is 2.21. The fourth-order valence-electron chi connectivity index (χ4n) is 3.06. The quantitative estimate of drug-likeness (QED) is 0.277. The summed E-state index contributed by atoms with van der Waals surface area (Å²) in [5, 5.41) is 13.4. The van der Waals surface area contributed by atoms with E-state index in [0.29, 0.717) is 18.9 Å². The van der Waals surface area contributed by atoms with E-state index in [4.69, 9.17) is 4.74 Å². The SMILES string of the molecule is CCNC(=NCCOc1cccnc1)N1CCN(c2ccccc2O)CC1.I. The largest absolute Gasteiger partial charge is 0.506 e. The van der Waals surface area contributed by atoms with Crippen molar-refractivity contribution in [3.8, 4) is 11.5 Å². The topological polar surface area (TPSA) is 73.2 Å². The van der Waals surface area contributed by atoms with Gasteiger partial charge in [0.2, 0.25) is 0 Å². The first-order chi connectivity index (χ1) is 13.3. The molecule has 3 rings (SSSR count). The van der Waals surface area contributed by atoms with Gasteiger partial charge in [-0.2, -0.15) is 0 Å². The summed E-state index contributed by atoms with van der Waals surface area (Å²) in [6.45, 7) is 7.37. The normalized spacial score (nSPS) is 14.4. The summed E-state index contributed by atoms with van der Waals surface area (Å²) >= 11 is 0. The summed E-state index contributed by atoms with van der Waals surface area (Å²) in [5.74, 6) is 2.00. The highest BCUT2D eigenvalue weighted by molar-refractivity contribution is 14.0. The number of nitrogens with one attached hydrogen (secondary N) is 1. The van der Waals surface area contributed by atoms with Gasteiger partial charge in [-0.3, -0.25) is 4.98 Å². The number of ether oxygens (including phenoxy) is 1. The second kappa shape index (κ2) is 11.6. The number of piperazine rings is 1. The second-order valence-corrected chi connectivity index (χ2v) is 6.24. The van der Waals surface area contributed by atoms with E-state index in [2.05, 4.69) is 32.0 Å². The number of pyridine rings is 1. The van der Waals surface area contributed by atoms with E-state index in [0.717, 1.165) is 50.1 Å². The summed E-state index contributed by atoms with van der Waals surface area (Å²) in [6.07, 6.45) is 3.43. The number of rotatable bonds is 6. The molecule has 0 spiro atoms. The predicted octanol–water partition coefficient (Wildman–Crippen LogP) is 2.57. The molecule has 0 bridgehead atoms. The number of halogens is 1. The van der Waals surface area contributed by atoms with E-state index in [-0.39, 0.29) is 24.0 Å². The van der Waals surface area contributed by atoms with E-state index in [1.165, 1.54) is 0 Å². The average molecular weight is 497 g/mol. The van der Waals surface area contributed by atoms with Crippen molar-refractivity contribution >= 4 is 35.6 Å². The fraction of sp³-hybridized carbons (Fsp3) is 0.400. The minimum Gasteiger partial charge on any atom is -0.506 e. The third-order valence-electron chi connectivity index (χ3n) is 4.39. The van der Waals surface area contributed by atoms with Crippen LogP contribution in [-0.4, -0.2) is 66.8 Å². The van der Waals surface area contributed by atoms with Gasteiger partial charge in [0.25, 0.3) is 0 Å². The zero-order valence-electron chi connectivity index (χ0n) is 16.1. The number of benzene rings is 1. The summed E-state index contributed by atoms with van der Waals surface area (Å²) in [4.78, 5) is 13.2. The molecule has 1 fully saturated rings. The third kappa shape index (κ3) is 6.15. The molecule has 8 heteroatoms. The zero-order chi connectivity index (χ0) is 18.9. The highest BCUT2D eigenvalue weighted by Crippen LogP contribution is 2.27. The van der Waals surface area contributed by atoms with E-state index >= 15 is 0 Å². The van der Waals surface area contributed by atoms with Crippen LogP contribution in [0.1, 0.15) is 6.92 Å². The molecule has 1 saturated heterocycles. The molecule has 0 radical (unpaired) electrons. The van der Waals surface area contributed by atoms with Crippen LogP contribution in [0, 0.1) is 0 Å². The molecular formula is C20H28IN5O2. The second-order valence-electron chi connectivity index (χ2n) is 6.24. The van der Waals surface area contributed by atoms with E-state index in [1.54, 1.807) is 18.5 Å². The summed E-state index contributed by atoms with van der Waals surface area (Å²) in [7, 11) is 0. The molecule has 0 aliphatic carbocycles. The maximum absolute atomic E-state index is 10.0. The van der Waals surface area contributed by atoms with E-state index in [9.17, 15) is 5.11 Å². The standard InChI is InChI=1S/C20H27N5O2.HI/c1-2-22-20(23-10-15-27-17-6-5-9-21-16-17)25-13-11-24(12-14-25)18-7-3-4-8-19(18)26;/h3-9,16,26H,2,10-15H2,1H3,(H,22,23);1H. The third-order valence-corrected chi connectivity index (χ3v) is 4.39. The van der Waals surface area contributed by atoms with Gasteiger partial charge in [-0.05, 0) is 31.2 Å². The van der Waals surface area contributed by atoms with Crippen molar-refractivity contribution in [1.29, 1.82) is 0 Å². The smallest absolute Gasteiger partial charge is 0.194 e. The molecule has 0 amide bonds. The number of aromatic nitrogens is 1. The number of guanidine groups is 1. The van der Waals surface area contributed by atoms with Crippen molar-refractivity contribution in [3.05, 3.63) is 48.8 Å². The van der Waals surface area contributed by atoms with Gasteiger partial charge < -0.3 is 25.0 Å². The number of phenols is 1. The van der Waals surface area contributed by atoms with E-state index in [1.807, 2.05) is 30.3 Å². The maximum Gasteiger partial charge on any atom is 0.194 e. The van der Waals surface area contributed by atoms with Crippen LogP contribution in [0.5, 0.6) is 11.5 Å². The minimum absolute atomic E-state index is 0. The molecule has 2 N–H and O–H groups in total. The minimum atomic E-state index is 0. The van der Waals surface area contributed by atoms with Crippen molar-refractivity contribution in [2.24, 2.45) is 4.99 Å². The van der Waals surface area contributed by atoms with Gasteiger partial charge in [-0.25, -0.2) is 4.99 Å². The van der Waals surface area contributed by atoms with Gasteiger partial charge in [0.1, 0.15) is 18.1 Å². The van der Waals surface area contributed by atoms with Crippen LogP contribution in [0.15, 0.2) is 53.8 Å². The molecule has 1 aromatic carbocycles. The Morgan fingerprint density at radius 3 is 2.64 bits per heavy atom. The van der Waals surface area contributed by atoms with Gasteiger partial charge in [0.15, 0.2) is 5.96 Å². The van der Waals surface area contributed by atoms with Crippen LogP contribution in [0.2, 0.25) is 0 Å². The maximum atomic E-state index is 10.0. The molecule has 0 atom stereocenters. The fourth-order valence-corrected chi connectivity index (χ4v) is 3.06. The molecule has 2 aromatic rings. The van der Waals surface area contributed by atoms with Crippen molar-refractivity contribution in [2.75, 3.05) is 50.8 Å². The van der Waals surface area contributed by atoms with Gasteiger partial charge in [0.05, 0.1) is 18.4 Å². The van der Waals surface area contributed by atoms with Crippen LogP contribution in [0.4, 0.5) is 5.69 Å². The van der Waals surface area contributed by atoms with Crippen LogP contribution in [0.3, 0.4) is 0 Å². The number of hydrogen-bond donors (Lipinski definition) is 2. The number of anilines is 1. The first kappa shape index (κ1) is 22.1. The summed E-state index contributed by atoms with van der Waals surface area (Å²) in [6, 6.07) is 11.2. The van der Waals surface area contributed by atoms with Crippen LogP contribution in [-0.2, 0) is 0 Å². The molecule has 28 heavy (non-hydrogen) atoms. The lowest BCUT2D eigenvalue weighted by Gasteiger charge is -2.37.